The number of nitrogens with two attached hydrogens (primary N) is 1. The molecule has 0 aliphatic heterocycles. The van der Waals surface area contributed by atoms with Crippen molar-refractivity contribution >= 4 is 0 Å². The lowest BCUT2D eigenvalue weighted by atomic mass is 9.72. The maximum atomic E-state index is 6.09. The molecule has 2 aliphatic rings. The Morgan fingerprint density at radius 1 is 1.16 bits per heavy atom. The second-order valence-electron chi connectivity index (χ2n) is 7.46. The predicted molar refractivity (Wildman–Crippen MR) is 93.1 cm³/mol. The molecule has 0 spiro atoms. The molecule has 1 aromatic carbocycles. The largest absolute Gasteiger partial charge is 0.339 e. The number of nitrogens with zero attached hydrogens (tertiary/aromatic N) is 4. The summed E-state index contributed by atoms with van der Waals surface area (Å²) in [7, 11) is 0. The third-order valence-electron chi connectivity index (χ3n) is 5.77. The Morgan fingerprint density at radius 2 is 2.00 bits per heavy atom. The molecule has 5 rings (SSSR count). The number of benzene rings is 1. The van der Waals surface area contributed by atoms with Crippen LogP contribution in [-0.2, 0) is 0 Å². The minimum atomic E-state index is 0.371. The van der Waals surface area contributed by atoms with Crippen LogP contribution in [0, 0.1) is 18.8 Å². The van der Waals surface area contributed by atoms with Crippen LogP contribution in [0.5, 0.6) is 0 Å². The number of aromatic nitrogens is 4. The zero-order chi connectivity index (χ0) is 17.0. The SMILES string of the molecule is Cc1cnn(-c2ccc(-c3noc(C4C[C@H]5C[C@@H](N)[C@H]5C4)n3)cc2)c1. The van der Waals surface area contributed by atoms with Crippen LogP contribution in [0.15, 0.2) is 41.2 Å². The number of rotatable bonds is 3. The number of aryl methyl sites for hydroxylation is 1. The first-order valence-electron chi connectivity index (χ1n) is 8.88. The lowest BCUT2D eigenvalue weighted by Gasteiger charge is -2.37. The van der Waals surface area contributed by atoms with Gasteiger partial charge in [-0.15, -0.1) is 0 Å². The van der Waals surface area contributed by atoms with E-state index in [2.05, 4.69) is 15.2 Å². The standard InChI is InChI=1S/C19H21N5O/c1-11-9-21-24(10-11)15-4-2-12(3-5-15)18-22-19(25-23-18)14-6-13-8-17(20)16(13)7-14/h2-5,9-10,13-14,16-17H,6-8,20H2,1H3/t13-,14?,16-,17+/m0/s1. The third kappa shape index (κ3) is 2.48. The van der Waals surface area contributed by atoms with Crippen molar-refractivity contribution in [1.29, 1.82) is 0 Å². The van der Waals surface area contributed by atoms with Gasteiger partial charge in [0.05, 0.1) is 11.9 Å². The van der Waals surface area contributed by atoms with Crippen LogP contribution in [0.25, 0.3) is 17.1 Å². The van der Waals surface area contributed by atoms with E-state index in [0.717, 1.165) is 47.9 Å². The summed E-state index contributed by atoms with van der Waals surface area (Å²) in [6.07, 6.45) is 7.22. The van der Waals surface area contributed by atoms with E-state index in [1.807, 2.05) is 48.3 Å². The molecule has 0 amide bonds. The summed E-state index contributed by atoms with van der Waals surface area (Å²) >= 11 is 0. The summed E-state index contributed by atoms with van der Waals surface area (Å²) in [4.78, 5) is 4.65. The monoisotopic (exact) mass is 335 g/mol. The molecule has 2 aromatic heterocycles. The molecular formula is C19H21N5O. The Bertz CT molecular complexity index is 897. The maximum Gasteiger partial charge on any atom is 0.230 e. The molecule has 2 saturated carbocycles. The van der Waals surface area contributed by atoms with E-state index in [4.69, 9.17) is 10.3 Å². The van der Waals surface area contributed by atoms with Crippen LogP contribution in [0.2, 0.25) is 0 Å². The molecule has 2 fully saturated rings. The van der Waals surface area contributed by atoms with Crippen molar-refractivity contribution in [3.63, 3.8) is 0 Å². The van der Waals surface area contributed by atoms with Gasteiger partial charge in [0, 0.05) is 23.7 Å². The van der Waals surface area contributed by atoms with Gasteiger partial charge in [0.15, 0.2) is 0 Å². The Morgan fingerprint density at radius 3 is 2.68 bits per heavy atom. The molecule has 0 saturated heterocycles. The molecule has 4 atom stereocenters. The maximum absolute atomic E-state index is 6.09. The Hall–Kier alpha value is -2.47. The summed E-state index contributed by atoms with van der Waals surface area (Å²) in [6.45, 7) is 2.03. The smallest absolute Gasteiger partial charge is 0.230 e. The third-order valence-corrected chi connectivity index (χ3v) is 5.77. The number of hydrogen-bond acceptors (Lipinski definition) is 5. The van der Waals surface area contributed by atoms with E-state index in [1.165, 1.54) is 0 Å². The van der Waals surface area contributed by atoms with E-state index < -0.39 is 0 Å². The number of fused-ring (bicyclic) bond motifs is 1. The van der Waals surface area contributed by atoms with Gasteiger partial charge in [-0.05, 0) is 67.9 Å². The van der Waals surface area contributed by atoms with E-state index in [-0.39, 0.29) is 0 Å². The van der Waals surface area contributed by atoms with Crippen molar-refractivity contribution in [3.8, 4) is 17.1 Å². The average Bonchev–Trinajstić information content (AvgIpc) is 3.33. The second kappa shape index (κ2) is 5.52. The Kier molecular flexibility index (Phi) is 3.28. The van der Waals surface area contributed by atoms with Gasteiger partial charge < -0.3 is 10.3 Å². The zero-order valence-electron chi connectivity index (χ0n) is 14.2. The summed E-state index contributed by atoms with van der Waals surface area (Å²) in [5.74, 6) is 3.20. The number of hydrogen-bond donors (Lipinski definition) is 1. The quantitative estimate of drug-likeness (QED) is 0.795. The van der Waals surface area contributed by atoms with Gasteiger partial charge in [-0.25, -0.2) is 4.68 Å². The predicted octanol–water partition coefficient (Wildman–Crippen LogP) is 3.07. The highest BCUT2D eigenvalue weighted by Crippen LogP contribution is 2.52. The minimum absolute atomic E-state index is 0.371. The minimum Gasteiger partial charge on any atom is -0.339 e. The first-order chi connectivity index (χ1) is 12.2. The fourth-order valence-corrected chi connectivity index (χ4v) is 4.32. The highest BCUT2D eigenvalue weighted by molar-refractivity contribution is 5.56. The van der Waals surface area contributed by atoms with Crippen molar-refractivity contribution < 1.29 is 4.52 Å². The summed E-state index contributed by atoms with van der Waals surface area (Å²) in [5.41, 5.74) is 9.20. The fourth-order valence-electron chi connectivity index (χ4n) is 4.32. The van der Waals surface area contributed by atoms with Crippen molar-refractivity contribution in [2.75, 3.05) is 0 Å². The van der Waals surface area contributed by atoms with Crippen LogP contribution in [0.3, 0.4) is 0 Å². The molecule has 1 unspecified atom stereocenters. The summed E-state index contributed by atoms with van der Waals surface area (Å²) in [6, 6.07) is 8.43. The Balaban J connectivity index is 1.35. The van der Waals surface area contributed by atoms with E-state index in [1.54, 1.807) is 0 Å². The first kappa shape index (κ1) is 14.8. The zero-order valence-corrected chi connectivity index (χ0v) is 14.2. The highest BCUT2D eigenvalue weighted by Gasteiger charge is 2.47. The Labute approximate surface area is 146 Å². The van der Waals surface area contributed by atoms with Gasteiger partial charge in [0.2, 0.25) is 11.7 Å². The average molecular weight is 335 g/mol. The summed E-state index contributed by atoms with van der Waals surface area (Å²) in [5, 5.41) is 8.51. The molecular weight excluding hydrogens is 314 g/mol. The van der Waals surface area contributed by atoms with Crippen molar-refractivity contribution in [1.82, 2.24) is 19.9 Å². The molecule has 2 aliphatic carbocycles. The van der Waals surface area contributed by atoms with Gasteiger partial charge in [-0.1, -0.05) is 5.16 Å². The van der Waals surface area contributed by atoms with E-state index >= 15 is 0 Å². The molecule has 0 bridgehead atoms. The van der Waals surface area contributed by atoms with Crippen LogP contribution < -0.4 is 5.73 Å². The molecule has 6 nitrogen and oxygen atoms in total. The normalized spacial score (nSPS) is 27.9. The van der Waals surface area contributed by atoms with Crippen LogP contribution in [-0.4, -0.2) is 26.0 Å². The second-order valence-corrected chi connectivity index (χ2v) is 7.46. The van der Waals surface area contributed by atoms with Crippen molar-refractivity contribution in [3.05, 3.63) is 48.1 Å². The molecule has 2 N–H and O–H groups in total. The first-order valence-corrected chi connectivity index (χ1v) is 8.88. The van der Waals surface area contributed by atoms with Gasteiger partial charge >= 0.3 is 0 Å². The van der Waals surface area contributed by atoms with Crippen LogP contribution >= 0.6 is 0 Å². The lowest BCUT2D eigenvalue weighted by molar-refractivity contribution is 0.173. The fraction of sp³-hybridized carbons (Fsp3) is 0.421. The molecule has 128 valence electrons. The van der Waals surface area contributed by atoms with Gasteiger partial charge in [0.1, 0.15) is 0 Å². The van der Waals surface area contributed by atoms with Crippen LogP contribution in [0.4, 0.5) is 0 Å². The molecule has 3 aromatic rings. The highest BCUT2D eigenvalue weighted by atomic mass is 16.5. The van der Waals surface area contributed by atoms with Gasteiger partial charge in [-0.2, -0.15) is 10.1 Å². The van der Waals surface area contributed by atoms with E-state index in [0.29, 0.717) is 23.7 Å². The molecule has 2 heterocycles. The van der Waals surface area contributed by atoms with Gasteiger partial charge in [-0.3, -0.25) is 0 Å². The molecule has 25 heavy (non-hydrogen) atoms. The topological polar surface area (TPSA) is 82.8 Å². The van der Waals surface area contributed by atoms with Crippen molar-refractivity contribution in [2.24, 2.45) is 17.6 Å². The van der Waals surface area contributed by atoms with Crippen molar-refractivity contribution in [2.45, 2.75) is 38.1 Å². The summed E-state index contributed by atoms with van der Waals surface area (Å²) < 4.78 is 7.42. The van der Waals surface area contributed by atoms with Crippen LogP contribution in [0.1, 0.15) is 36.6 Å². The van der Waals surface area contributed by atoms with E-state index in [9.17, 15) is 0 Å². The lowest BCUT2D eigenvalue weighted by Crippen LogP contribution is -2.44. The van der Waals surface area contributed by atoms with Gasteiger partial charge in [0.25, 0.3) is 0 Å². The molecule has 0 radical (unpaired) electrons. The molecule has 6 heteroatoms.